The van der Waals surface area contributed by atoms with Gasteiger partial charge in [0, 0.05) is 12.0 Å². The van der Waals surface area contributed by atoms with Crippen LogP contribution >= 0.6 is 0 Å². The van der Waals surface area contributed by atoms with E-state index in [2.05, 4.69) is 5.32 Å². The summed E-state index contributed by atoms with van der Waals surface area (Å²) in [6, 6.07) is 9.34. The Hall–Kier alpha value is -1.15. The smallest absolute Gasteiger partial charge is 0.162 e. The summed E-state index contributed by atoms with van der Waals surface area (Å²) < 4.78 is 0. The summed E-state index contributed by atoms with van der Waals surface area (Å²) >= 11 is 0. The molecular weight excluding hydrogens is 186 g/mol. The lowest BCUT2D eigenvalue weighted by atomic mass is 10.1. The van der Waals surface area contributed by atoms with Crippen LogP contribution in [-0.4, -0.2) is 18.9 Å². The first-order valence-corrected chi connectivity index (χ1v) is 5.63. The van der Waals surface area contributed by atoms with Crippen LogP contribution in [0, 0.1) is 0 Å². The van der Waals surface area contributed by atoms with E-state index in [1.54, 1.807) is 0 Å². The van der Waals surface area contributed by atoms with Crippen molar-refractivity contribution in [2.75, 3.05) is 13.1 Å². The molecule has 82 valence electrons. The minimum atomic E-state index is 0.209. The summed E-state index contributed by atoms with van der Waals surface area (Å²) in [6.45, 7) is 4.37. The molecule has 0 radical (unpaired) electrons. The van der Waals surface area contributed by atoms with Crippen molar-refractivity contribution in [3.8, 4) is 0 Å². The van der Waals surface area contributed by atoms with E-state index in [0.717, 1.165) is 5.56 Å². The van der Waals surface area contributed by atoms with Gasteiger partial charge in [-0.1, -0.05) is 37.3 Å². The highest BCUT2D eigenvalue weighted by Crippen LogP contribution is 2.01. The minimum absolute atomic E-state index is 0.209. The van der Waals surface area contributed by atoms with Crippen LogP contribution in [0.3, 0.4) is 0 Å². The zero-order valence-corrected chi connectivity index (χ0v) is 9.33. The first-order valence-electron chi connectivity index (χ1n) is 5.63. The molecule has 0 bridgehead atoms. The van der Waals surface area contributed by atoms with Crippen molar-refractivity contribution in [2.24, 2.45) is 0 Å². The minimum Gasteiger partial charge on any atom is -0.317 e. The summed E-state index contributed by atoms with van der Waals surface area (Å²) in [5.41, 5.74) is 0.810. The molecule has 1 fully saturated rings. The number of benzene rings is 1. The van der Waals surface area contributed by atoms with Gasteiger partial charge in [-0.2, -0.15) is 0 Å². The zero-order chi connectivity index (χ0) is 10.9. The van der Waals surface area contributed by atoms with Gasteiger partial charge in [-0.15, -0.1) is 0 Å². The Morgan fingerprint density at radius 1 is 1.20 bits per heavy atom. The number of hydrogen-bond acceptors (Lipinski definition) is 2. The van der Waals surface area contributed by atoms with Crippen LogP contribution < -0.4 is 5.32 Å². The molecule has 0 unspecified atom stereocenters. The fourth-order valence-electron chi connectivity index (χ4n) is 1.45. The number of carbonyl (C=O) groups excluding carboxylic acids is 1. The SMILES string of the molecule is C1CCNC1.CCC(=O)c1ccccc1. The van der Waals surface area contributed by atoms with Crippen LogP contribution in [0.2, 0.25) is 0 Å². The highest BCUT2D eigenvalue weighted by Gasteiger charge is 1.98. The fourth-order valence-corrected chi connectivity index (χ4v) is 1.45. The Morgan fingerprint density at radius 3 is 2.20 bits per heavy atom. The first kappa shape index (κ1) is 11.9. The van der Waals surface area contributed by atoms with Crippen molar-refractivity contribution in [2.45, 2.75) is 26.2 Å². The molecule has 0 spiro atoms. The van der Waals surface area contributed by atoms with E-state index in [9.17, 15) is 4.79 Å². The molecule has 1 aromatic rings. The summed E-state index contributed by atoms with van der Waals surface area (Å²) in [4.78, 5) is 11.0. The van der Waals surface area contributed by atoms with Crippen LogP contribution in [0.25, 0.3) is 0 Å². The van der Waals surface area contributed by atoms with Gasteiger partial charge in [0.05, 0.1) is 0 Å². The van der Waals surface area contributed by atoms with Crippen molar-refractivity contribution < 1.29 is 4.79 Å². The van der Waals surface area contributed by atoms with E-state index in [4.69, 9.17) is 0 Å². The number of carbonyl (C=O) groups is 1. The molecule has 1 heterocycles. The number of hydrogen-bond donors (Lipinski definition) is 1. The Kier molecular flexibility index (Phi) is 5.71. The van der Waals surface area contributed by atoms with Crippen molar-refractivity contribution in [3.05, 3.63) is 35.9 Å². The highest BCUT2D eigenvalue weighted by atomic mass is 16.1. The molecule has 2 heteroatoms. The number of nitrogens with one attached hydrogen (secondary N) is 1. The zero-order valence-electron chi connectivity index (χ0n) is 9.33. The van der Waals surface area contributed by atoms with Crippen LogP contribution in [0.5, 0.6) is 0 Å². The number of ketones is 1. The van der Waals surface area contributed by atoms with Crippen molar-refractivity contribution in [3.63, 3.8) is 0 Å². The normalized spacial score (nSPS) is 14.2. The summed E-state index contributed by atoms with van der Waals surface area (Å²) in [7, 11) is 0. The van der Waals surface area contributed by atoms with E-state index in [1.807, 2.05) is 37.3 Å². The van der Waals surface area contributed by atoms with E-state index < -0.39 is 0 Å². The molecular formula is C13H19NO. The third kappa shape index (κ3) is 4.75. The summed E-state index contributed by atoms with van der Waals surface area (Å²) in [6.07, 6.45) is 3.37. The topological polar surface area (TPSA) is 29.1 Å². The van der Waals surface area contributed by atoms with Gasteiger partial charge in [-0.05, 0) is 25.9 Å². The van der Waals surface area contributed by atoms with Gasteiger partial charge in [-0.3, -0.25) is 4.79 Å². The second-order valence-electron chi connectivity index (χ2n) is 3.60. The van der Waals surface area contributed by atoms with Crippen LogP contribution in [0.4, 0.5) is 0 Å². The quantitative estimate of drug-likeness (QED) is 0.752. The second-order valence-corrected chi connectivity index (χ2v) is 3.60. The highest BCUT2D eigenvalue weighted by molar-refractivity contribution is 5.95. The van der Waals surface area contributed by atoms with E-state index in [0.29, 0.717) is 6.42 Å². The van der Waals surface area contributed by atoms with Crippen LogP contribution in [0.1, 0.15) is 36.5 Å². The average molecular weight is 205 g/mol. The molecule has 15 heavy (non-hydrogen) atoms. The van der Waals surface area contributed by atoms with Gasteiger partial charge >= 0.3 is 0 Å². The van der Waals surface area contributed by atoms with Crippen LogP contribution in [-0.2, 0) is 0 Å². The summed E-state index contributed by atoms with van der Waals surface area (Å²) in [5.74, 6) is 0.209. The summed E-state index contributed by atoms with van der Waals surface area (Å²) in [5, 5.41) is 3.22. The molecule has 1 aliphatic rings. The number of rotatable bonds is 2. The van der Waals surface area contributed by atoms with Gasteiger partial charge in [-0.25, -0.2) is 0 Å². The maximum atomic E-state index is 11.0. The monoisotopic (exact) mass is 205 g/mol. The second kappa shape index (κ2) is 7.18. The molecule has 0 aliphatic carbocycles. The van der Waals surface area contributed by atoms with Crippen molar-refractivity contribution in [1.29, 1.82) is 0 Å². The molecule has 0 aromatic heterocycles. The Bertz CT molecular complexity index is 270. The lowest BCUT2D eigenvalue weighted by molar-refractivity contribution is 0.0988. The van der Waals surface area contributed by atoms with Gasteiger partial charge in [0.15, 0.2) is 5.78 Å². The maximum absolute atomic E-state index is 11.0. The lowest BCUT2D eigenvalue weighted by Gasteiger charge is -1.93. The van der Waals surface area contributed by atoms with Gasteiger partial charge in [0.1, 0.15) is 0 Å². The predicted molar refractivity (Wildman–Crippen MR) is 63.2 cm³/mol. The van der Waals surface area contributed by atoms with E-state index >= 15 is 0 Å². The third-order valence-corrected chi connectivity index (χ3v) is 2.37. The molecule has 1 aliphatic heterocycles. The molecule has 1 saturated heterocycles. The van der Waals surface area contributed by atoms with Gasteiger partial charge in [0.25, 0.3) is 0 Å². The Labute approximate surface area is 91.7 Å². The average Bonchev–Trinajstić information content (AvgIpc) is 2.88. The van der Waals surface area contributed by atoms with E-state index in [1.165, 1.54) is 25.9 Å². The lowest BCUT2D eigenvalue weighted by Crippen LogP contribution is -2.03. The van der Waals surface area contributed by atoms with Crippen LogP contribution in [0.15, 0.2) is 30.3 Å². The van der Waals surface area contributed by atoms with Gasteiger partial charge in [0.2, 0.25) is 0 Å². The largest absolute Gasteiger partial charge is 0.317 e. The third-order valence-electron chi connectivity index (χ3n) is 2.37. The molecule has 0 amide bonds. The van der Waals surface area contributed by atoms with Gasteiger partial charge < -0.3 is 5.32 Å². The molecule has 0 atom stereocenters. The molecule has 2 nitrogen and oxygen atoms in total. The van der Waals surface area contributed by atoms with E-state index in [-0.39, 0.29) is 5.78 Å². The molecule has 1 aromatic carbocycles. The number of Topliss-reactive ketones (excluding diaryl/α,β-unsaturated/α-hetero) is 1. The molecule has 2 rings (SSSR count). The molecule has 1 N–H and O–H groups in total. The first-order chi connectivity index (χ1) is 7.34. The Morgan fingerprint density at radius 2 is 1.80 bits per heavy atom. The Balaban J connectivity index is 0.000000187. The maximum Gasteiger partial charge on any atom is 0.162 e. The molecule has 0 saturated carbocycles. The van der Waals surface area contributed by atoms with Crippen molar-refractivity contribution in [1.82, 2.24) is 5.32 Å². The fraction of sp³-hybridized carbons (Fsp3) is 0.462. The van der Waals surface area contributed by atoms with Crippen molar-refractivity contribution >= 4 is 5.78 Å². The standard InChI is InChI=1S/C9H10O.C4H9N/c1-2-9(10)8-6-4-3-5-7-8;1-2-4-5-3-1/h3-7H,2H2,1H3;5H,1-4H2. The predicted octanol–water partition coefficient (Wildman–Crippen LogP) is 2.65.